The highest BCUT2D eigenvalue weighted by Gasteiger charge is 2.33. The summed E-state index contributed by atoms with van der Waals surface area (Å²) in [5.74, 6) is -0.846. The number of aryl methyl sites for hydroxylation is 1. The molecule has 0 saturated heterocycles. The molecule has 2 amide bonds. The van der Waals surface area contributed by atoms with Gasteiger partial charge in [0.25, 0.3) is 0 Å². The van der Waals surface area contributed by atoms with E-state index in [4.69, 9.17) is 23.2 Å². The van der Waals surface area contributed by atoms with Crippen molar-refractivity contribution in [3.05, 3.63) is 99.0 Å². The Morgan fingerprint density at radius 3 is 2.25 bits per heavy atom. The fourth-order valence-electron chi connectivity index (χ4n) is 4.36. The second-order valence-corrected chi connectivity index (χ2v) is 12.5. The molecule has 0 heterocycles. The number of benzene rings is 3. The SMILES string of the molecule is CCCNC(=O)[C@@H](Cc1ccccc1)N(Cc1ccc(Cl)c(Cl)c1)C(=O)CN(c1cccc(C)c1C)S(C)(=O)=O. The van der Waals surface area contributed by atoms with Crippen molar-refractivity contribution in [1.82, 2.24) is 10.2 Å². The predicted molar refractivity (Wildman–Crippen MR) is 162 cm³/mol. The summed E-state index contributed by atoms with van der Waals surface area (Å²) in [6.07, 6.45) is 2.03. The number of hydrogen-bond donors (Lipinski definition) is 1. The zero-order valence-corrected chi connectivity index (χ0v) is 25.5. The quantitative estimate of drug-likeness (QED) is 0.294. The Bertz CT molecular complexity index is 1450. The number of hydrogen-bond acceptors (Lipinski definition) is 4. The lowest BCUT2D eigenvalue weighted by Crippen LogP contribution is -2.53. The maximum atomic E-state index is 14.1. The number of rotatable bonds is 12. The Morgan fingerprint density at radius 1 is 0.925 bits per heavy atom. The number of anilines is 1. The van der Waals surface area contributed by atoms with Crippen molar-refractivity contribution in [3.63, 3.8) is 0 Å². The summed E-state index contributed by atoms with van der Waals surface area (Å²) < 4.78 is 27.0. The fourth-order valence-corrected chi connectivity index (χ4v) is 5.58. The maximum Gasteiger partial charge on any atom is 0.244 e. The third kappa shape index (κ3) is 8.22. The number of amides is 2. The van der Waals surface area contributed by atoms with Crippen LogP contribution in [-0.4, -0.2) is 50.5 Å². The van der Waals surface area contributed by atoms with Crippen LogP contribution in [0.1, 0.15) is 35.6 Å². The molecule has 0 saturated carbocycles. The standard InChI is InChI=1S/C30H35Cl2N3O4S/c1-5-16-33-30(37)28(18-23-11-7-6-8-12-23)34(19-24-14-15-25(31)26(32)17-24)29(36)20-35(40(4,38)39)27-13-9-10-21(2)22(27)3/h6-15,17,28H,5,16,18-20H2,1-4H3,(H,33,37)/t28-/m1/s1. The van der Waals surface area contributed by atoms with Crippen LogP contribution in [-0.2, 0) is 32.6 Å². The lowest BCUT2D eigenvalue weighted by Gasteiger charge is -2.34. The monoisotopic (exact) mass is 603 g/mol. The van der Waals surface area contributed by atoms with E-state index in [1.54, 1.807) is 30.3 Å². The molecule has 3 aromatic rings. The molecule has 3 aromatic carbocycles. The van der Waals surface area contributed by atoms with Gasteiger partial charge in [-0.1, -0.05) is 78.7 Å². The summed E-state index contributed by atoms with van der Waals surface area (Å²) >= 11 is 12.4. The van der Waals surface area contributed by atoms with E-state index < -0.39 is 28.5 Å². The highest BCUT2D eigenvalue weighted by Crippen LogP contribution is 2.27. The third-order valence-electron chi connectivity index (χ3n) is 6.68. The summed E-state index contributed by atoms with van der Waals surface area (Å²) in [6, 6.07) is 18.8. The molecule has 0 aliphatic carbocycles. The fraction of sp³-hybridized carbons (Fsp3) is 0.333. The molecule has 10 heteroatoms. The van der Waals surface area contributed by atoms with Crippen molar-refractivity contribution in [2.45, 2.75) is 46.2 Å². The lowest BCUT2D eigenvalue weighted by atomic mass is 10.0. The zero-order chi connectivity index (χ0) is 29.4. The average Bonchev–Trinajstić information content (AvgIpc) is 2.91. The van der Waals surface area contributed by atoms with E-state index in [0.29, 0.717) is 27.8 Å². The Hall–Kier alpha value is -3.07. The maximum absolute atomic E-state index is 14.1. The van der Waals surface area contributed by atoms with Crippen molar-refractivity contribution >= 4 is 50.7 Å². The van der Waals surface area contributed by atoms with Gasteiger partial charge in [-0.2, -0.15) is 0 Å². The molecule has 0 unspecified atom stereocenters. The van der Waals surface area contributed by atoms with Crippen LogP contribution in [0.25, 0.3) is 0 Å². The molecule has 0 aromatic heterocycles. The van der Waals surface area contributed by atoms with Crippen LogP contribution in [0.15, 0.2) is 66.7 Å². The second kappa shape index (κ2) is 14.0. The lowest BCUT2D eigenvalue weighted by molar-refractivity contribution is -0.140. The molecule has 3 rings (SSSR count). The molecule has 0 bridgehead atoms. The van der Waals surface area contributed by atoms with Crippen molar-refractivity contribution in [1.29, 1.82) is 0 Å². The van der Waals surface area contributed by atoms with Crippen LogP contribution < -0.4 is 9.62 Å². The Kier molecular flexibility index (Phi) is 11.0. The van der Waals surface area contributed by atoms with Gasteiger partial charge in [0.2, 0.25) is 21.8 Å². The van der Waals surface area contributed by atoms with Gasteiger partial charge >= 0.3 is 0 Å². The largest absolute Gasteiger partial charge is 0.354 e. The predicted octanol–water partition coefficient (Wildman–Crippen LogP) is 5.54. The van der Waals surface area contributed by atoms with Gasteiger partial charge in [-0.15, -0.1) is 0 Å². The minimum Gasteiger partial charge on any atom is -0.354 e. The summed E-state index contributed by atoms with van der Waals surface area (Å²) in [5.41, 5.74) is 3.58. The smallest absolute Gasteiger partial charge is 0.244 e. The zero-order valence-electron chi connectivity index (χ0n) is 23.2. The molecular formula is C30H35Cl2N3O4S. The van der Waals surface area contributed by atoms with Crippen LogP contribution in [0.5, 0.6) is 0 Å². The second-order valence-electron chi connectivity index (χ2n) is 9.76. The molecule has 40 heavy (non-hydrogen) atoms. The van der Waals surface area contributed by atoms with Gasteiger partial charge in [-0.25, -0.2) is 8.42 Å². The number of carbonyl (C=O) groups is 2. The first-order valence-electron chi connectivity index (χ1n) is 13.0. The number of nitrogens with one attached hydrogen (secondary N) is 1. The van der Waals surface area contributed by atoms with Gasteiger partial charge in [-0.05, 0) is 60.7 Å². The van der Waals surface area contributed by atoms with E-state index in [1.165, 1.54) is 4.90 Å². The molecule has 0 radical (unpaired) electrons. The summed E-state index contributed by atoms with van der Waals surface area (Å²) in [6.45, 7) is 5.63. The van der Waals surface area contributed by atoms with Gasteiger partial charge in [0.15, 0.2) is 0 Å². The number of halogens is 2. The number of nitrogens with zero attached hydrogens (tertiary/aromatic N) is 2. The van der Waals surface area contributed by atoms with Crippen molar-refractivity contribution in [2.75, 3.05) is 23.7 Å². The molecule has 214 valence electrons. The van der Waals surface area contributed by atoms with E-state index in [0.717, 1.165) is 33.7 Å². The van der Waals surface area contributed by atoms with Crippen molar-refractivity contribution in [3.8, 4) is 0 Å². The van der Waals surface area contributed by atoms with Crippen molar-refractivity contribution < 1.29 is 18.0 Å². The van der Waals surface area contributed by atoms with Gasteiger partial charge in [0.05, 0.1) is 22.0 Å². The Labute approximate surface area is 247 Å². The third-order valence-corrected chi connectivity index (χ3v) is 8.55. The molecule has 0 aliphatic rings. The molecule has 1 atom stereocenters. The van der Waals surface area contributed by atoms with E-state index >= 15 is 0 Å². The van der Waals surface area contributed by atoms with Crippen LogP contribution in [0.3, 0.4) is 0 Å². The van der Waals surface area contributed by atoms with E-state index in [1.807, 2.05) is 57.2 Å². The molecule has 0 spiro atoms. The number of sulfonamides is 1. The summed E-state index contributed by atoms with van der Waals surface area (Å²) in [5, 5.41) is 3.59. The van der Waals surface area contributed by atoms with Gasteiger partial charge in [0, 0.05) is 19.5 Å². The van der Waals surface area contributed by atoms with Crippen molar-refractivity contribution in [2.24, 2.45) is 0 Å². The average molecular weight is 605 g/mol. The van der Waals surface area contributed by atoms with Crippen LogP contribution >= 0.6 is 23.2 Å². The number of carbonyl (C=O) groups excluding carboxylic acids is 2. The first-order chi connectivity index (χ1) is 18.9. The normalized spacial score (nSPS) is 12.1. The first-order valence-corrected chi connectivity index (χ1v) is 15.6. The summed E-state index contributed by atoms with van der Waals surface area (Å²) in [4.78, 5) is 29.1. The molecule has 0 fully saturated rings. The van der Waals surface area contributed by atoms with E-state index in [-0.39, 0.29) is 18.9 Å². The molecule has 7 nitrogen and oxygen atoms in total. The minimum absolute atomic E-state index is 0.0250. The van der Waals surface area contributed by atoms with Crippen LogP contribution in [0.4, 0.5) is 5.69 Å². The van der Waals surface area contributed by atoms with Gasteiger partial charge in [0.1, 0.15) is 12.6 Å². The Balaban J connectivity index is 2.09. The first kappa shape index (κ1) is 31.5. The molecular weight excluding hydrogens is 569 g/mol. The van der Waals surface area contributed by atoms with E-state index in [2.05, 4.69) is 5.32 Å². The van der Waals surface area contributed by atoms with Crippen LogP contribution in [0.2, 0.25) is 10.0 Å². The highest BCUT2D eigenvalue weighted by atomic mass is 35.5. The van der Waals surface area contributed by atoms with Crippen LogP contribution in [0, 0.1) is 13.8 Å². The minimum atomic E-state index is -3.84. The Morgan fingerprint density at radius 2 is 1.62 bits per heavy atom. The summed E-state index contributed by atoms with van der Waals surface area (Å²) in [7, 11) is -3.84. The molecule has 0 aliphatic heterocycles. The van der Waals surface area contributed by atoms with Gasteiger partial charge in [-0.3, -0.25) is 13.9 Å². The van der Waals surface area contributed by atoms with E-state index in [9.17, 15) is 18.0 Å². The highest BCUT2D eigenvalue weighted by molar-refractivity contribution is 7.92. The van der Waals surface area contributed by atoms with Gasteiger partial charge < -0.3 is 10.2 Å². The topological polar surface area (TPSA) is 86.8 Å². The molecule has 1 N–H and O–H groups in total.